The Bertz CT molecular complexity index is 144. The fraction of sp³-hybridized carbons (Fsp3) is 0.900. The summed E-state index contributed by atoms with van der Waals surface area (Å²) in [5, 5.41) is 3.47. The summed E-state index contributed by atoms with van der Waals surface area (Å²) in [5.74, 6) is 0. The van der Waals surface area contributed by atoms with Gasteiger partial charge in [0.05, 0.1) is 0 Å². The molecule has 0 amide bonds. The first-order valence-corrected chi connectivity index (χ1v) is 5.18. The molecule has 1 heterocycles. The topological polar surface area (TPSA) is 32.3 Å². The van der Waals surface area contributed by atoms with Crippen molar-refractivity contribution in [2.24, 2.45) is 0 Å². The van der Waals surface area contributed by atoms with E-state index >= 15 is 0 Å². The van der Waals surface area contributed by atoms with Gasteiger partial charge >= 0.3 is 0 Å². The van der Waals surface area contributed by atoms with Gasteiger partial charge in [0.25, 0.3) is 0 Å². The Balaban J connectivity index is 1.99. The number of hydrogen-bond donors (Lipinski definition) is 1. The minimum Gasteiger partial charge on any atom is -0.314 e. The lowest BCUT2D eigenvalue weighted by Gasteiger charge is -2.17. The molecule has 0 aliphatic carbocycles. The molecule has 0 radical (unpaired) electrons. The monoisotopic (exact) mass is 184 g/mol. The minimum absolute atomic E-state index is 0.661. The van der Waals surface area contributed by atoms with Gasteiger partial charge in [-0.15, -0.1) is 0 Å². The fourth-order valence-electron chi connectivity index (χ4n) is 1.76. The summed E-state index contributed by atoms with van der Waals surface area (Å²) in [5.41, 5.74) is 0. The summed E-state index contributed by atoms with van der Waals surface area (Å²) in [7, 11) is 2.08. The summed E-state index contributed by atoms with van der Waals surface area (Å²) < 4.78 is 0. The molecule has 3 heteroatoms. The normalized spacial score (nSPS) is 22.5. The molecule has 1 aliphatic heterocycles. The Kier molecular flexibility index (Phi) is 5.01. The van der Waals surface area contributed by atoms with Crippen LogP contribution in [0.5, 0.6) is 0 Å². The second-order valence-corrected chi connectivity index (χ2v) is 3.84. The second-order valence-electron chi connectivity index (χ2n) is 3.84. The number of carbonyl (C=O) groups is 1. The van der Waals surface area contributed by atoms with E-state index in [-0.39, 0.29) is 0 Å². The number of rotatable bonds is 6. The van der Waals surface area contributed by atoms with Crippen LogP contribution in [0.25, 0.3) is 0 Å². The van der Waals surface area contributed by atoms with Crippen molar-refractivity contribution in [2.75, 3.05) is 26.7 Å². The Labute approximate surface area is 80.5 Å². The molecule has 1 rings (SSSR count). The molecule has 0 aromatic heterocycles. The summed E-state index contributed by atoms with van der Waals surface area (Å²) in [6.07, 6.45) is 5.51. The number of nitrogens with one attached hydrogen (secondary N) is 1. The average molecular weight is 184 g/mol. The lowest BCUT2D eigenvalue weighted by Crippen LogP contribution is -2.29. The standard InChI is InChI=1S/C10H20N2O/c1-12(7-3-9-13)8-5-10-4-2-6-11-10/h9-11H,2-8H2,1H3. The number of nitrogens with zero attached hydrogens (tertiary/aromatic N) is 1. The number of carbonyl (C=O) groups excluding carboxylic acids is 1. The van der Waals surface area contributed by atoms with Gasteiger partial charge in [-0.05, 0) is 39.4 Å². The minimum atomic E-state index is 0.661. The zero-order valence-corrected chi connectivity index (χ0v) is 8.46. The van der Waals surface area contributed by atoms with Crippen LogP contribution >= 0.6 is 0 Å². The summed E-state index contributed by atoms with van der Waals surface area (Å²) in [4.78, 5) is 12.4. The Morgan fingerprint density at radius 2 is 2.38 bits per heavy atom. The molecule has 1 fully saturated rings. The van der Waals surface area contributed by atoms with E-state index in [4.69, 9.17) is 0 Å². The molecule has 0 aromatic carbocycles. The maximum absolute atomic E-state index is 10.1. The first kappa shape index (κ1) is 10.7. The van der Waals surface area contributed by atoms with Gasteiger partial charge in [-0.1, -0.05) is 0 Å². The van der Waals surface area contributed by atoms with Crippen LogP contribution in [-0.2, 0) is 4.79 Å². The highest BCUT2D eigenvalue weighted by atomic mass is 16.1. The molecule has 13 heavy (non-hydrogen) atoms. The third-order valence-electron chi connectivity index (χ3n) is 2.65. The molecule has 0 bridgehead atoms. The second kappa shape index (κ2) is 6.11. The molecule has 0 saturated carbocycles. The molecule has 0 aromatic rings. The van der Waals surface area contributed by atoms with E-state index in [9.17, 15) is 4.79 Å². The molecular weight excluding hydrogens is 164 g/mol. The third-order valence-corrected chi connectivity index (χ3v) is 2.65. The van der Waals surface area contributed by atoms with Crippen LogP contribution in [-0.4, -0.2) is 43.9 Å². The van der Waals surface area contributed by atoms with Crippen LogP contribution < -0.4 is 5.32 Å². The van der Waals surface area contributed by atoms with Gasteiger partial charge < -0.3 is 15.0 Å². The van der Waals surface area contributed by atoms with Gasteiger partial charge in [-0.2, -0.15) is 0 Å². The molecule has 3 nitrogen and oxygen atoms in total. The molecule has 1 N–H and O–H groups in total. The smallest absolute Gasteiger partial charge is 0.121 e. The molecule has 1 aliphatic rings. The lowest BCUT2D eigenvalue weighted by molar-refractivity contribution is -0.108. The maximum Gasteiger partial charge on any atom is 0.121 e. The van der Waals surface area contributed by atoms with Crippen LogP contribution in [0.2, 0.25) is 0 Å². The molecule has 0 spiro atoms. The average Bonchev–Trinajstić information content (AvgIpc) is 2.64. The van der Waals surface area contributed by atoms with Crippen molar-refractivity contribution in [3.05, 3.63) is 0 Å². The molecule has 76 valence electrons. The van der Waals surface area contributed by atoms with E-state index in [2.05, 4.69) is 17.3 Å². The van der Waals surface area contributed by atoms with Gasteiger partial charge in [0.1, 0.15) is 6.29 Å². The van der Waals surface area contributed by atoms with Crippen LogP contribution in [0.15, 0.2) is 0 Å². The van der Waals surface area contributed by atoms with E-state index in [1.165, 1.54) is 25.8 Å². The van der Waals surface area contributed by atoms with E-state index in [1.807, 2.05) is 0 Å². The van der Waals surface area contributed by atoms with Crippen molar-refractivity contribution in [3.8, 4) is 0 Å². The predicted molar refractivity (Wildman–Crippen MR) is 53.8 cm³/mol. The first-order valence-electron chi connectivity index (χ1n) is 5.18. The highest BCUT2D eigenvalue weighted by molar-refractivity contribution is 5.49. The highest BCUT2D eigenvalue weighted by Crippen LogP contribution is 2.08. The van der Waals surface area contributed by atoms with Gasteiger partial charge in [0.15, 0.2) is 0 Å². The van der Waals surface area contributed by atoms with Gasteiger partial charge in [-0.25, -0.2) is 0 Å². The molecule has 1 unspecified atom stereocenters. The van der Waals surface area contributed by atoms with E-state index in [0.717, 1.165) is 25.4 Å². The van der Waals surface area contributed by atoms with E-state index < -0.39 is 0 Å². The van der Waals surface area contributed by atoms with Crippen LogP contribution in [0.3, 0.4) is 0 Å². The zero-order valence-electron chi connectivity index (χ0n) is 8.46. The Morgan fingerprint density at radius 3 is 3.00 bits per heavy atom. The molecule has 1 saturated heterocycles. The lowest BCUT2D eigenvalue weighted by atomic mass is 10.1. The zero-order chi connectivity index (χ0) is 9.52. The van der Waals surface area contributed by atoms with Gasteiger partial charge in [0.2, 0.25) is 0 Å². The number of hydrogen-bond acceptors (Lipinski definition) is 3. The molecular formula is C10H20N2O. The van der Waals surface area contributed by atoms with E-state index in [1.54, 1.807) is 0 Å². The quantitative estimate of drug-likeness (QED) is 0.615. The van der Waals surface area contributed by atoms with Crippen LogP contribution in [0.1, 0.15) is 25.7 Å². The maximum atomic E-state index is 10.1. The van der Waals surface area contributed by atoms with Crippen molar-refractivity contribution in [1.29, 1.82) is 0 Å². The molecule has 1 atom stereocenters. The Morgan fingerprint density at radius 1 is 1.54 bits per heavy atom. The summed E-state index contributed by atoms with van der Waals surface area (Å²) in [6, 6.07) is 0.721. The van der Waals surface area contributed by atoms with Crippen molar-refractivity contribution < 1.29 is 4.79 Å². The summed E-state index contributed by atoms with van der Waals surface area (Å²) in [6.45, 7) is 3.18. The van der Waals surface area contributed by atoms with Crippen LogP contribution in [0.4, 0.5) is 0 Å². The third kappa shape index (κ3) is 4.39. The SMILES string of the molecule is CN(CCC=O)CCC1CCCN1. The van der Waals surface area contributed by atoms with Crippen molar-refractivity contribution in [2.45, 2.75) is 31.7 Å². The first-order chi connectivity index (χ1) is 6.33. The van der Waals surface area contributed by atoms with Crippen molar-refractivity contribution >= 4 is 6.29 Å². The van der Waals surface area contributed by atoms with E-state index in [0.29, 0.717) is 6.42 Å². The van der Waals surface area contributed by atoms with Crippen molar-refractivity contribution in [3.63, 3.8) is 0 Å². The van der Waals surface area contributed by atoms with Gasteiger partial charge in [-0.3, -0.25) is 0 Å². The predicted octanol–water partition coefficient (Wildman–Crippen LogP) is 0.649. The van der Waals surface area contributed by atoms with Crippen molar-refractivity contribution in [1.82, 2.24) is 10.2 Å². The Hall–Kier alpha value is -0.410. The summed E-state index contributed by atoms with van der Waals surface area (Å²) >= 11 is 0. The van der Waals surface area contributed by atoms with Gasteiger partial charge in [0, 0.05) is 19.0 Å². The largest absolute Gasteiger partial charge is 0.314 e. The highest BCUT2D eigenvalue weighted by Gasteiger charge is 2.13. The number of aldehydes is 1. The van der Waals surface area contributed by atoms with Crippen LogP contribution in [0, 0.1) is 0 Å². The fourth-order valence-corrected chi connectivity index (χ4v) is 1.76.